The standard InChI is InChI=1S/C27H36N6/c1-7-9-24(33-14-12-32(6)13-15-33)16-25-26(19(2)3)21(5)30-31-27(25)29-18-23-11-8-10-22(17-28)20(23)4/h8-11,16H,7,12-15,18H2,1-6H3,(H,29,31)/b24-9-,25-16+. The monoisotopic (exact) mass is 444 g/mol. The van der Waals surface area contributed by atoms with E-state index in [1.165, 1.54) is 11.3 Å². The van der Waals surface area contributed by atoms with Crippen molar-refractivity contribution in [2.45, 2.75) is 47.6 Å². The van der Waals surface area contributed by atoms with E-state index in [0.717, 1.165) is 65.7 Å². The fourth-order valence-corrected chi connectivity index (χ4v) is 4.32. The number of nitrogens with one attached hydrogen (secondary N) is 1. The van der Waals surface area contributed by atoms with Crippen molar-refractivity contribution in [3.05, 3.63) is 62.8 Å². The number of piperazine rings is 1. The van der Waals surface area contributed by atoms with E-state index in [-0.39, 0.29) is 0 Å². The van der Waals surface area contributed by atoms with Gasteiger partial charge in [-0.15, -0.1) is 5.10 Å². The highest BCUT2D eigenvalue weighted by Gasteiger charge is 2.16. The van der Waals surface area contributed by atoms with Gasteiger partial charge in [0.05, 0.1) is 17.3 Å². The molecule has 0 radical (unpaired) electrons. The Bertz CT molecular complexity index is 1180. The van der Waals surface area contributed by atoms with Gasteiger partial charge in [-0.2, -0.15) is 10.4 Å². The van der Waals surface area contributed by atoms with E-state index < -0.39 is 0 Å². The van der Waals surface area contributed by atoms with Crippen molar-refractivity contribution in [1.82, 2.24) is 20.0 Å². The van der Waals surface area contributed by atoms with Crippen LogP contribution in [-0.2, 0) is 6.54 Å². The van der Waals surface area contributed by atoms with E-state index in [1.807, 2.05) is 26.0 Å². The molecule has 2 heterocycles. The minimum Gasteiger partial charge on any atom is -0.369 e. The number of aromatic nitrogens is 2. The number of nitrogens with zero attached hydrogens (tertiary/aromatic N) is 5. The number of nitriles is 1. The van der Waals surface area contributed by atoms with Gasteiger partial charge >= 0.3 is 0 Å². The van der Waals surface area contributed by atoms with Gasteiger partial charge in [0, 0.05) is 48.9 Å². The van der Waals surface area contributed by atoms with Gasteiger partial charge in [0.15, 0.2) is 5.82 Å². The summed E-state index contributed by atoms with van der Waals surface area (Å²) in [5.41, 5.74) is 6.19. The van der Waals surface area contributed by atoms with Crippen LogP contribution in [0.25, 0.3) is 11.6 Å². The summed E-state index contributed by atoms with van der Waals surface area (Å²) in [7, 11) is 2.18. The van der Waals surface area contributed by atoms with E-state index in [0.29, 0.717) is 12.1 Å². The van der Waals surface area contributed by atoms with Crippen LogP contribution in [-0.4, -0.2) is 53.2 Å². The third kappa shape index (κ3) is 5.80. The number of allylic oxidation sites excluding steroid dienone is 2. The molecule has 2 aromatic rings. The molecule has 0 saturated carbocycles. The van der Waals surface area contributed by atoms with Crippen LogP contribution >= 0.6 is 0 Å². The molecule has 1 saturated heterocycles. The van der Waals surface area contributed by atoms with Gasteiger partial charge in [0.25, 0.3) is 0 Å². The molecule has 1 aromatic carbocycles. The molecule has 0 aliphatic carbocycles. The Balaban J connectivity index is 2.08. The van der Waals surface area contributed by atoms with Crippen LogP contribution in [0.15, 0.2) is 30.0 Å². The van der Waals surface area contributed by atoms with E-state index in [1.54, 1.807) is 0 Å². The highest BCUT2D eigenvalue weighted by atomic mass is 15.2. The average molecular weight is 445 g/mol. The fraction of sp³-hybridized carbons (Fsp3) is 0.444. The van der Waals surface area contributed by atoms with Gasteiger partial charge in [-0.3, -0.25) is 0 Å². The summed E-state index contributed by atoms with van der Waals surface area (Å²) in [5, 5.41) is 24.1. The largest absolute Gasteiger partial charge is 0.369 e. The lowest BCUT2D eigenvalue weighted by molar-refractivity contribution is 0.191. The van der Waals surface area contributed by atoms with Crippen LogP contribution in [0.3, 0.4) is 0 Å². The molecule has 3 rings (SSSR count). The van der Waals surface area contributed by atoms with E-state index in [2.05, 4.69) is 77.4 Å². The Kier molecular flexibility index (Phi) is 8.24. The third-order valence-electron chi connectivity index (χ3n) is 6.27. The predicted octanol–water partition coefficient (Wildman–Crippen LogP) is 3.09. The van der Waals surface area contributed by atoms with Gasteiger partial charge in [0.2, 0.25) is 0 Å². The summed E-state index contributed by atoms with van der Waals surface area (Å²) in [6.07, 6.45) is 5.56. The van der Waals surface area contributed by atoms with Crippen molar-refractivity contribution < 1.29 is 0 Å². The van der Waals surface area contributed by atoms with Crippen molar-refractivity contribution >= 4 is 17.5 Å². The molecule has 0 amide bonds. The first-order valence-corrected chi connectivity index (χ1v) is 11.7. The van der Waals surface area contributed by atoms with Gasteiger partial charge in [-0.1, -0.05) is 30.7 Å². The highest BCUT2D eigenvalue weighted by Crippen LogP contribution is 2.15. The molecule has 1 N–H and O–H groups in total. The zero-order chi connectivity index (χ0) is 24.0. The Morgan fingerprint density at radius 1 is 1.15 bits per heavy atom. The smallest absolute Gasteiger partial charge is 0.156 e. The minimum absolute atomic E-state index is 0.587. The Morgan fingerprint density at radius 3 is 2.52 bits per heavy atom. The fourth-order valence-electron chi connectivity index (χ4n) is 4.32. The van der Waals surface area contributed by atoms with Gasteiger partial charge < -0.3 is 15.1 Å². The molecule has 1 aliphatic heterocycles. The summed E-state index contributed by atoms with van der Waals surface area (Å²) < 4.78 is 0. The van der Waals surface area contributed by atoms with Gasteiger partial charge in [0.1, 0.15) is 0 Å². The molecule has 1 aliphatic rings. The Labute approximate surface area is 197 Å². The quantitative estimate of drug-likeness (QED) is 0.739. The summed E-state index contributed by atoms with van der Waals surface area (Å²) in [5.74, 6) is 0.773. The van der Waals surface area contributed by atoms with Gasteiger partial charge in [-0.05, 0) is 64.4 Å². The normalized spacial score (nSPS) is 15.5. The third-order valence-corrected chi connectivity index (χ3v) is 6.27. The lowest BCUT2D eigenvalue weighted by atomic mass is 10.0. The van der Waals surface area contributed by atoms with Crippen molar-refractivity contribution in [3.63, 3.8) is 0 Å². The van der Waals surface area contributed by atoms with Crippen molar-refractivity contribution in [1.29, 1.82) is 5.26 Å². The summed E-state index contributed by atoms with van der Waals surface area (Å²) in [4.78, 5) is 4.84. The zero-order valence-corrected chi connectivity index (χ0v) is 20.9. The second kappa shape index (κ2) is 11.1. The van der Waals surface area contributed by atoms with Crippen LogP contribution in [0.4, 0.5) is 5.82 Å². The van der Waals surface area contributed by atoms with Gasteiger partial charge in [-0.25, -0.2) is 0 Å². The second-order valence-corrected chi connectivity index (χ2v) is 8.95. The Hall–Kier alpha value is -3.17. The maximum atomic E-state index is 9.38. The molecule has 1 fully saturated rings. The average Bonchev–Trinajstić information content (AvgIpc) is 2.79. The molecular weight excluding hydrogens is 408 g/mol. The maximum absolute atomic E-state index is 9.38. The molecule has 0 bridgehead atoms. The number of likely N-dealkylation sites (N-methyl/N-ethyl adjacent to an activating group) is 1. The number of rotatable bonds is 6. The number of benzene rings is 1. The second-order valence-electron chi connectivity index (χ2n) is 8.95. The predicted molar refractivity (Wildman–Crippen MR) is 136 cm³/mol. The molecule has 0 unspecified atom stereocenters. The van der Waals surface area contributed by atoms with E-state index in [4.69, 9.17) is 0 Å². The van der Waals surface area contributed by atoms with Crippen molar-refractivity contribution in [3.8, 4) is 6.07 Å². The summed E-state index contributed by atoms with van der Waals surface area (Å²) in [6.45, 7) is 15.2. The molecule has 0 atom stereocenters. The zero-order valence-electron chi connectivity index (χ0n) is 20.9. The van der Waals surface area contributed by atoms with Crippen LogP contribution < -0.4 is 15.8 Å². The maximum Gasteiger partial charge on any atom is 0.156 e. The molecule has 1 aromatic heterocycles. The van der Waals surface area contributed by atoms with Crippen molar-refractivity contribution in [2.24, 2.45) is 0 Å². The first kappa shape index (κ1) is 24.5. The number of hydrogen-bond acceptors (Lipinski definition) is 6. The highest BCUT2D eigenvalue weighted by molar-refractivity contribution is 5.57. The first-order chi connectivity index (χ1) is 15.8. The minimum atomic E-state index is 0.587. The summed E-state index contributed by atoms with van der Waals surface area (Å²) in [6, 6.07) is 8.12. The number of anilines is 1. The van der Waals surface area contributed by atoms with Crippen LogP contribution in [0.2, 0.25) is 0 Å². The van der Waals surface area contributed by atoms with Crippen LogP contribution in [0.1, 0.15) is 49.6 Å². The molecule has 33 heavy (non-hydrogen) atoms. The lowest BCUT2D eigenvalue weighted by Gasteiger charge is -2.34. The van der Waals surface area contributed by atoms with Crippen LogP contribution in [0.5, 0.6) is 0 Å². The lowest BCUT2D eigenvalue weighted by Crippen LogP contribution is -2.44. The molecule has 0 spiro atoms. The van der Waals surface area contributed by atoms with Crippen molar-refractivity contribution in [2.75, 3.05) is 38.5 Å². The summed E-state index contributed by atoms with van der Waals surface area (Å²) >= 11 is 0. The molecule has 6 nitrogen and oxygen atoms in total. The Morgan fingerprint density at radius 2 is 1.88 bits per heavy atom. The molecule has 174 valence electrons. The topological polar surface area (TPSA) is 68.1 Å². The SMILES string of the molecule is CC/C=C(/C=c1/c(NCc2cccc(C#N)c2C)nnc(C)c1=C(C)C)N1CCN(C)CC1. The number of hydrogen-bond donors (Lipinski definition) is 1. The molecule has 6 heteroatoms. The number of aryl methyl sites for hydroxylation is 1. The molecular formula is C27H36N6. The first-order valence-electron chi connectivity index (χ1n) is 11.7. The van der Waals surface area contributed by atoms with E-state index in [9.17, 15) is 5.26 Å². The van der Waals surface area contributed by atoms with Crippen LogP contribution in [0, 0.1) is 25.2 Å². The van der Waals surface area contributed by atoms with E-state index >= 15 is 0 Å².